The molecule has 0 aliphatic carbocycles. The van der Waals surface area contributed by atoms with Crippen LogP contribution in [0.25, 0.3) is 0 Å². The van der Waals surface area contributed by atoms with Crippen LogP contribution in [-0.4, -0.2) is 9.52 Å². The molecule has 0 amide bonds. The Morgan fingerprint density at radius 2 is 2.00 bits per heavy atom. The predicted molar refractivity (Wildman–Crippen MR) is 55.9 cm³/mol. The number of hydrogen-bond donors (Lipinski definition) is 0. The van der Waals surface area contributed by atoms with Crippen LogP contribution in [0.2, 0.25) is 0 Å². The second kappa shape index (κ2) is 4.94. The molecule has 0 aliphatic rings. The molecule has 0 heterocycles. The molecule has 1 rings (SSSR count). The van der Waals surface area contributed by atoms with E-state index in [-0.39, 0.29) is 0 Å². The number of allylic oxidation sites excluding steroid dienone is 2. The first-order valence-corrected chi connectivity index (χ1v) is 5.31. The maximum Gasteiger partial charge on any atom is 0.115 e. The molecule has 1 aromatic rings. The molecule has 1 aromatic carbocycles. The maximum atomic E-state index is 2.30. The van der Waals surface area contributed by atoms with Gasteiger partial charge in [0.15, 0.2) is 0 Å². The summed E-state index contributed by atoms with van der Waals surface area (Å²) in [6, 6.07) is 10.6. The highest BCUT2D eigenvalue weighted by atomic mass is 28.2. The summed E-state index contributed by atoms with van der Waals surface area (Å²) < 4.78 is 0. The molecule has 0 bridgehead atoms. The fourth-order valence-corrected chi connectivity index (χ4v) is 2.23. The lowest BCUT2D eigenvalue weighted by atomic mass is 10.4. The highest BCUT2D eigenvalue weighted by Crippen LogP contribution is 1.93. The highest BCUT2D eigenvalue weighted by Gasteiger charge is 1.93. The second-order valence-corrected chi connectivity index (χ2v) is 4.40. The second-order valence-electron chi connectivity index (χ2n) is 2.79. The van der Waals surface area contributed by atoms with Crippen LogP contribution in [0.15, 0.2) is 41.6 Å². The zero-order valence-electron chi connectivity index (χ0n) is 7.67. The number of benzene rings is 1. The van der Waals surface area contributed by atoms with E-state index in [1.165, 1.54) is 10.4 Å². The summed E-state index contributed by atoms with van der Waals surface area (Å²) in [4.78, 5) is 0. The fourth-order valence-electron chi connectivity index (χ4n) is 1.11. The Morgan fingerprint density at radius 1 is 1.33 bits per heavy atom. The Kier molecular flexibility index (Phi) is 3.81. The van der Waals surface area contributed by atoms with Gasteiger partial charge in [-0.2, -0.15) is 0 Å². The molecule has 0 aliphatic heterocycles. The van der Waals surface area contributed by atoms with Crippen LogP contribution in [0.3, 0.4) is 0 Å². The van der Waals surface area contributed by atoms with Crippen LogP contribution in [0.1, 0.15) is 20.3 Å². The lowest BCUT2D eigenvalue weighted by Gasteiger charge is -1.98. The van der Waals surface area contributed by atoms with Gasteiger partial charge in [-0.3, -0.25) is 0 Å². The van der Waals surface area contributed by atoms with Gasteiger partial charge in [0.05, 0.1) is 0 Å². The molecule has 62 valence electrons. The topological polar surface area (TPSA) is 0 Å². The van der Waals surface area contributed by atoms with Crippen LogP contribution in [0.4, 0.5) is 0 Å². The van der Waals surface area contributed by atoms with Gasteiger partial charge >= 0.3 is 0 Å². The molecule has 0 fully saturated rings. The van der Waals surface area contributed by atoms with E-state index < -0.39 is 0 Å². The molecule has 0 N–H and O–H groups in total. The van der Waals surface area contributed by atoms with Crippen LogP contribution in [-0.2, 0) is 0 Å². The number of hydrogen-bond acceptors (Lipinski definition) is 0. The van der Waals surface area contributed by atoms with Gasteiger partial charge in [-0.15, -0.1) is 0 Å². The zero-order valence-corrected chi connectivity index (χ0v) is 8.67. The SMILES string of the molecule is CC/C=C(\C)[Si]c1ccccc1. The summed E-state index contributed by atoms with van der Waals surface area (Å²) in [5.74, 6) is 0. The summed E-state index contributed by atoms with van der Waals surface area (Å²) in [7, 11) is 0.846. The number of rotatable bonds is 3. The van der Waals surface area contributed by atoms with Crippen molar-refractivity contribution in [1.82, 2.24) is 0 Å². The summed E-state index contributed by atoms with van der Waals surface area (Å²) in [5, 5.41) is 2.92. The molecule has 0 aromatic heterocycles. The first kappa shape index (κ1) is 9.27. The predicted octanol–water partition coefficient (Wildman–Crippen LogP) is 2.33. The highest BCUT2D eigenvalue weighted by molar-refractivity contribution is 6.60. The Labute approximate surface area is 77.1 Å². The van der Waals surface area contributed by atoms with Gasteiger partial charge in [-0.25, -0.2) is 0 Å². The van der Waals surface area contributed by atoms with Crippen molar-refractivity contribution in [2.24, 2.45) is 0 Å². The molecule has 0 nitrogen and oxygen atoms in total. The van der Waals surface area contributed by atoms with Gasteiger partial charge in [0, 0.05) is 0 Å². The average molecular weight is 174 g/mol. The van der Waals surface area contributed by atoms with Crippen molar-refractivity contribution in [1.29, 1.82) is 0 Å². The molecule has 0 atom stereocenters. The smallest absolute Gasteiger partial charge is 0.0898 e. The molecular weight excluding hydrogens is 160 g/mol. The van der Waals surface area contributed by atoms with Gasteiger partial charge < -0.3 is 0 Å². The summed E-state index contributed by atoms with van der Waals surface area (Å²) in [5.41, 5.74) is 0. The third kappa shape index (κ3) is 3.05. The normalized spacial score (nSPS) is 11.7. The molecular formula is C11H14Si. The molecule has 0 saturated heterocycles. The van der Waals surface area contributed by atoms with Crippen LogP contribution in [0.5, 0.6) is 0 Å². The molecule has 0 saturated carbocycles. The van der Waals surface area contributed by atoms with Crippen molar-refractivity contribution < 1.29 is 0 Å². The first-order valence-electron chi connectivity index (χ1n) is 4.31. The standard InChI is InChI=1S/C11H14Si/c1-3-7-10(2)12-11-8-5-4-6-9-11/h4-9H,3H2,1-2H3/b10-7+. The maximum absolute atomic E-state index is 2.30. The molecule has 2 radical (unpaired) electrons. The molecule has 12 heavy (non-hydrogen) atoms. The zero-order chi connectivity index (χ0) is 8.81. The van der Waals surface area contributed by atoms with Gasteiger partial charge in [-0.1, -0.05) is 53.7 Å². The summed E-state index contributed by atoms with van der Waals surface area (Å²) >= 11 is 0. The molecule has 0 unspecified atom stereocenters. The van der Waals surface area contributed by atoms with Crippen molar-refractivity contribution in [3.8, 4) is 0 Å². The third-order valence-electron chi connectivity index (χ3n) is 1.63. The Morgan fingerprint density at radius 3 is 2.58 bits per heavy atom. The van der Waals surface area contributed by atoms with Crippen molar-refractivity contribution >= 4 is 14.7 Å². The van der Waals surface area contributed by atoms with Gasteiger partial charge in [0.25, 0.3) is 0 Å². The van der Waals surface area contributed by atoms with Crippen LogP contribution in [0, 0.1) is 0 Å². The Bertz CT molecular complexity index is 249. The van der Waals surface area contributed by atoms with Gasteiger partial charge in [0.1, 0.15) is 9.52 Å². The van der Waals surface area contributed by atoms with Crippen molar-refractivity contribution in [2.45, 2.75) is 20.3 Å². The first-order chi connectivity index (χ1) is 5.83. The van der Waals surface area contributed by atoms with Gasteiger partial charge in [0.2, 0.25) is 0 Å². The molecule has 0 spiro atoms. The fraction of sp³-hybridized carbons (Fsp3) is 0.273. The third-order valence-corrected chi connectivity index (χ3v) is 2.85. The quantitative estimate of drug-likeness (QED) is 0.617. The summed E-state index contributed by atoms with van der Waals surface area (Å²) in [6.07, 6.45) is 3.44. The van der Waals surface area contributed by atoms with E-state index in [9.17, 15) is 0 Å². The van der Waals surface area contributed by atoms with E-state index in [0.29, 0.717) is 0 Å². The van der Waals surface area contributed by atoms with E-state index in [1.807, 2.05) is 0 Å². The Hall–Kier alpha value is -0.823. The lowest BCUT2D eigenvalue weighted by molar-refractivity contribution is 1.21. The lowest BCUT2D eigenvalue weighted by Crippen LogP contribution is -2.14. The molecule has 1 heteroatoms. The van der Waals surface area contributed by atoms with E-state index in [2.05, 4.69) is 50.3 Å². The Balaban J connectivity index is 2.58. The van der Waals surface area contributed by atoms with E-state index in [0.717, 1.165) is 15.9 Å². The van der Waals surface area contributed by atoms with Gasteiger partial charge in [-0.05, 0) is 13.3 Å². The monoisotopic (exact) mass is 174 g/mol. The van der Waals surface area contributed by atoms with Crippen LogP contribution >= 0.6 is 0 Å². The minimum Gasteiger partial charge on any atom is -0.0898 e. The minimum absolute atomic E-state index is 0.846. The summed E-state index contributed by atoms with van der Waals surface area (Å²) in [6.45, 7) is 4.38. The van der Waals surface area contributed by atoms with Crippen LogP contribution < -0.4 is 5.19 Å². The average Bonchev–Trinajstić information content (AvgIpc) is 2.06. The van der Waals surface area contributed by atoms with E-state index in [1.54, 1.807) is 0 Å². The largest absolute Gasteiger partial charge is 0.115 e. The van der Waals surface area contributed by atoms with E-state index in [4.69, 9.17) is 0 Å². The van der Waals surface area contributed by atoms with Crippen molar-refractivity contribution in [2.75, 3.05) is 0 Å². The van der Waals surface area contributed by atoms with Crippen molar-refractivity contribution in [3.63, 3.8) is 0 Å². The van der Waals surface area contributed by atoms with Crippen molar-refractivity contribution in [3.05, 3.63) is 41.6 Å². The van der Waals surface area contributed by atoms with E-state index >= 15 is 0 Å². The minimum atomic E-state index is 0.846.